The summed E-state index contributed by atoms with van der Waals surface area (Å²) >= 11 is 6.30. The number of halogens is 1. The van der Waals surface area contributed by atoms with E-state index >= 15 is 0 Å². The zero-order valence-corrected chi connectivity index (χ0v) is 15.0. The summed E-state index contributed by atoms with van der Waals surface area (Å²) in [5.74, 6) is 0. The van der Waals surface area contributed by atoms with Crippen molar-refractivity contribution in [3.63, 3.8) is 0 Å². The number of nitrogens with one attached hydrogen (secondary N) is 1. The van der Waals surface area contributed by atoms with E-state index in [1.165, 1.54) is 6.07 Å². The Morgan fingerprint density at radius 3 is 2.60 bits per heavy atom. The van der Waals surface area contributed by atoms with Gasteiger partial charge in [0.15, 0.2) is 0 Å². The summed E-state index contributed by atoms with van der Waals surface area (Å²) in [7, 11) is 3.88. The number of nitro groups is 1. The largest absolute Gasteiger partial charge is 0.383 e. The quantitative estimate of drug-likeness (QED) is 0.619. The fourth-order valence-corrected chi connectivity index (χ4v) is 2.92. The highest BCUT2D eigenvalue weighted by Gasteiger charge is 2.20. The van der Waals surface area contributed by atoms with Crippen LogP contribution in [0.3, 0.4) is 0 Å². The molecule has 1 unspecified atom stereocenters. The molecule has 2 rings (SSSR count). The predicted octanol–water partition coefficient (Wildman–Crippen LogP) is 4.14. The fourth-order valence-electron chi connectivity index (χ4n) is 2.66. The van der Waals surface area contributed by atoms with Gasteiger partial charge >= 0.3 is 0 Å². The molecule has 130 valence electrons. The molecule has 6 nitrogen and oxygen atoms in total. The average molecular weight is 359 g/mol. The maximum Gasteiger partial charge on any atom is 0.275 e. The van der Waals surface area contributed by atoms with Gasteiger partial charge in [-0.2, -0.15) is 5.26 Å². The van der Waals surface area contributed by atoms with Crippen molar-refractivity contribution in [1.82, 2.24) is 4.90 Å². The fraction of sp³-hybridized carbons (Fsp3) is 0.278. The van der Waals surface area contributed by atoms with E-state index in [0.717, 1.165) is 5.56 Å². The minimum absolute atomic E-state index is 0.0297. The third-order valence-corrected chi connectivity index (χ3v) is 4.42. The Morgan fingerprint density at radius 1 is 1.36 bits per heavy atom. The van der Waals surface area contributed by atoms with Gasteiger partial charge in [0.1, 0.15) is 0 Å². The Bertz CT molecular complexity index is 830. The first-order valence-corrected chi connectivity index (χ1v) is 8.06. The highest BCUT2D eigenvalue weighted by atomic mass is 35.5. The highest BCUT2D eigenvalue weighted by molar-refractivity contribution is 6.31. The molecular weight excluding hydrogens is 340 g/mol. The van der Waals surface area contributed by atoms with E-state index in [4.69, 9.17) is 16.9 Å². The monoisotopic (exact) mass is 358 g/mol. The van der Waals surface area contributed by atoms with E-state index in [0.29, 0.717) is 22.8 Å². The molecule has 0 amide bonds. The Labute approximate surface area is 151 Å². The van der Waals surface area contributed by atoms with E-state index in [1.807, 2.05) is 49.3 Å². The summed E-state index contributed by atoms with van der Waals surface area (Å²) in [6, 6.07) is 12.4. The highest BCUT2D eigenvalue weighted by Crippen LogP contribution is 2.30. The molecule has 0 aromatic heterocycles. The maximum atomic E-state index is 11.2. The van der Waals surface area contributed by atoms with Gasteiger partial charge in [0.05, 0.1) is 22.6 Å². The lowest BCUT2D eigenvalue weighted by molar-refractivity contribution is -0.385. The normalized spacial score (nSPS) is 11.8. The van der Waals surface area contributed by atoms with Gasteiger partial charge in [-0.1, -0.05) is 29.8 Å². The standard InChI is InChI=1S/C18H19ClN4O2/c1-12-16(8-13(10-20)9-17(12)23(24)25)21-11-18(22(2)3)14-6-4-5-7-15(14)19/h4-9,18,21H,11H2,1-3H3. The Hall–Kier alpha value is -2.62. The molecule has 0 saturated carbocycles. The van der Waals surface area contributed by atoms with E-state index in [9.17, 15) is 10.1 Å². The number of rotatable bonds is 6. The van der Waals surface area contributed by atoms with Crippen molar-refractivity contribution in [3.8, 4) is 6.07 Å². The molecule has 7 heteroatoms. The van der Waals surface area contributed by atoms with Gasteiger partial charge < -0.3 is 10.2 Å². The van der Waals surface area contributed by atoms with Crippen LogP contribution >= 0.6 is 11.6 Å². The molecule has 0 aliphatic carbocycles. The second-order valence-electron chi connectivity index (χ2n) is 5.92. The van der Waals surface area contributed by atoms with Crippen LogP contribution in [-0.2, 0) is 0 Å². The van der Waals surface area contributed by atoms with Gasteiger partial charge in [0, 0.05) is 28.9 Å². The lowest BCUT2D eigenvalue weighted by Crippen LogP contribution is -2.27. The SMILES string of the molecule is Cc1c(NCC(c2ccccc2Cl)N(C)C)cc(C#N)cc1[N+](=O)[O-]. The maximum absolute atomic E-state index is 11.2. The minimum atomic E-state index is -0.473. The van der Waals surface area contributed by atoms with Crippen molar-refractivity contribution in [3.05, 3.63) is 68.2 Å². The van der Waals surface area contributed by atoms with E-state index in [1.54, 1.807) is 13.0 Å². The number of anilines is 1. The van der Waals surface area contributed by atoms with Crippen molar-refractivity contribution in [2.45, 2.75) is 13.0 Å². The van der Waals surface area contributed by atoms with Crippen LogP contribution in [0.25, 0.3) is 0 Å². The van der Waals surface area contributed by atoms with Gasteiger partial charge in [0.2, 0.25) is 0 Å². The number of hydrogen-bond acceptors (Lipinski definition) is 5. The molecule has 0 heterocycles. The molecule has 0 fully saturated rings. The van der Waals surface area contributed by atoms with Crippen molar-refractivity contribution in [2.24, 2.45) is 0 Å². The van der Waals surface area contributed by atoms with Crippen molar-refractivity contribution < 1.29 is 4.92 Å². The number of benzene rings is 2. The molecule has 0 bridgehead atoms. The first kappa shape index (κ1) is 18.7. The number of nitrogens with zero attached hydrogens (tertiary/aromatic N) is 3. The summed E-state index contributed by atoms with van der Waals surface area (Å²) in [5.41, 5.74) is 2.22. The Balaban J connectivity index is 2.33. The van der Waals surface area contributed by atoms with Crippen molar-refractivity contribution >= 4 is 23.0 Å². The van der Waals surface area contributed by atoms with Crippen LogP contribution in [0.2, 0.25) is 5.02 Å². The molecule has 1 atom stereocenters. The summed E-state index contributed by atoms with van der Waals surface area (Å²) in [4.78, 5) is 12.7. The Morgan fingerprint density at radius 2 is 2.04 bits per heavy atom. The van der Waals surface area contributed by atoms with Gasteiger partial charge in [-0.3, -0.25) is 10.1 Å². The molecule has 1 N–H and O–H groups in total. The number of likely N-dealkylation sites (N-methyl/N-ethyl adjacent to an activating group) is 1. The third-order valence-electron chi connectivity index (χ3n) is 4.08. The van der Waals surface area contributed by atoms with Crippen LogP contribution in [0.15, 0.2) is 36.4 Å². The lowest BCUT2D eigenvalue weighted by atomic mass is 10.0. The number of nitriles is 1. The number of nitro benzene ring substituents is 1. The minimum Gasteiger partial charge on any atom is -0.383 e. The molecule has 0 aliphatic rings. The van der Waals surface area contributed by atoms with E-state index < -0.39 is 4.92 Å². The lowest BCUT2D eigenvalue weighted by Gasteiger charge is -2.26. The Kier molecular flexibility index (Phi) is 5.97. The van der Waals surface area contributed by atoms with Crippen molar-refractivity contribution in [1.29, 1.82) is 5.26 Å². The summed E-state index contributed by atoms with van der Waals surface area (Å²) in [6.07, 6.45) is 0. The predicted molar refractivity (Wildman–Crippen MR) is 98.9 cm³/mol. The van der Waals surface area contributed by atoms with Gasteiger partial charge in [-0.05, 0) is 38.7 Å². The van der Waals surface area contributed by atoms with Crippen LogP contribution in [0.1, 0.15) is 22.7 Å². The summed E-state index contributed by atoms with van der Waals surface area (Å²) in [6.45, 7) is 2.16. The molecule has 0 radical (unpaired) electrons. The molecule has 0 aliphatic heterocycles. The van der Waals surface area contributed by atoms with Crippen LogP contribution < -0.4 is 5.32 Å². The molecule has 0 saturated heterocycles. The molecular formula is C18H19ClN4O2. The van der Waals surface area contributed by atoms with Crippen molar-refractivity contribution in [2.75, 3.05) is 26.0 Å². The molecule has 0 spiro atoms. The van der Waals surface area contributed by atoms with Crippen LogP contribution in [0.4, 0.5) is 11.4 Å². The van der Waals surface area contributed by atoms with E-state index in [-0.39, 0.29) is 17.3 Å². The zero-order valence-electron chi connectivity index (χ0n) is 14.3. The third kappa shape index (κ3) is 4.27. The molecule has 25 heavy (non-hydrogen) atoms. The first-order valence-electron chi connectivity index (χ1n) is 7.69. The van der Waals surface area contributed by atoms with Gasteiger partial charge in [-0.25, -0.2) is 0 Å². The second-order valence-corrected chi connectivity index (χ2v) is 6.33. The van der Waals surface area contributed by atoms with Gasteiger partial charge in [-0.15, -0.1) is 0 Å². The first-order chi connectivity index (χ1) is 11.8. The molecule has 2 aromatic rings. The summed E-state index contributed by atoms with van der Waals surface area (Å²) in [5, 5.41) is 24.2. The van der Waals surface area contributed by atoms with Crippen LogP contribution in [0.5, 0.6) is 0 Å². The topological polar surface area (TPSA) is 82.2 Å². The van der Waals surface area contributed by atoms with E-state index in [2.05, 4.69) is 5.32 Å². The van der Waals surface area contributed by atoms with Gasteiger partial charge in [0.25, 0.3) is 5.69 Å². The zero-order chi connectivity index (χ0) is 18.6. The van der Waals surface area contributed by atoms with Crippen LogP contribution in [-0.4, -0.2) is 30.5 Å². The van der Waals surface area contributed by atoms with Crippen LogP contribution in [0, 0.1) is 28.4 Å². The average Bonchev–Trinajstić information content (AvgIpc) is 2.57. The summed E-state index contributed by atoms with van der Waals surface area (Å²) < 4.78 is 0. The second kappa shape index (κ2) is 7.97. The number of hydrogen-bond donors (Lipinski definition) is 1. The smallest absolute Gasteiger partial charge is 0.275 e. The molecule has 2 aromatic carbocycles.